The minimum absolute atomic E-state index is 0.111. The van der Waals surface area contributed by atoms with Crippen LogP contribution in [0, 0.1) is 0 Å². The largest absolute Gasteiger partial charge is 0.493 e. The number of carbonyl (C=O) groups is 2. The Labute approximate surface area is 202 Å². The van der Waals surface area contributed by atoms with Gasteiger partial charge in [-0.3, -0.25) is 14.6 Å². The second kappa shape index (κ2) is 10.6. The van der Waals surface area contributed by atoms with Gasteiger partial charge in [0, 0.05) is 11.8 Å². The molecule has 0 aliphatic carbocycles. The molecule has 0 aliphatic heterocycles. The number of hydrogen-bond donors (Lipinski definition) is 3. The van der Waals surface area contributed by atoms with Crippen molar-refractivity contribution in [2.45, 2.75) is 6.42 Å². The van der Waals surface area contributed by atoms with Crippen LogP contribution >= 0.6 is 0 Å². The quantitative estimate of drug-likeness (QED) is 0.358. The highest BCUT2D eigenvalue weighted by molar-refractivity contribution is 6.12. The zero-order chi connectivity index (χ0) is 24.8. The molecule has 0 aliphatic rings. The van der Waals surface area contributed by atoms with E-state index in [1.807, 2.05) is 30.3 Å². The van der Waals surface area contributed by atoms with Crippen LogP contribution in [0.1, 0.15) is 26.4 Å². The van der Waals surface area contributed by atoms with Crippen molar-refractivity contribution in [3.05, 3.63) is 83.7 Å². The minimum Gasteiger partial charge on any atom is -0.493 e. The number of nitrogens with one attached hydrogen (secondary N) is 2. The molecule has 9 nitrogen and oxygen atoms in total. The number of para-hydroxylation sites is 2. The van der Waals surface area contributed by atoms with Gasteiger partial charge in [0.1, 0.15) is 5.69 Å². The fourth-order valence-electron chi connectivity index (χ4n) is 3.54. The molecule has 3 aromatic carbocycles. The topological polar surface area (TPSA) is 128 Å². The molecule has 0 bridgehead atoms. The standard InChI is InChI=1S/C26H25N5O4/c1-34-23-13-18(25(32)29-17-9-7-16(8-10-17)11-12-27)21(14-24(23)35-2)31-26(33)22-15-28-19-5-3-4-6-20(19)30-22/h3-10,13-15H,11-12,27H2,1-2H3,(H,29,32)(H,31,33). The van der Waals surface area contributed by atoms with Crippen molar-refractivity contribution >= 4 is 34.2 Å². The van der Waals surface area contributed by atoms with Crippen LogP contribution in [0.4, 0.5) is 11.4 Å². The van der Waals surface area contributed by atoms with Gasteiger partial charge in [-0.15, -0.1) is 0 Å². The molecule has 1 heterocycles. The summed E-state index contributed by atoms with van der Waals surface area (Å²) in [5, 5.41) is 5.61. The molecule has 0 atom stereocenters. The van der Waals surface area contributed by atoms with Crippen molar-refractivity contribution in [2.24, 2.45) is 5.73 Å². The maximum Gasteiger partial charge on any atom is 0.275 e. The minimum atomic E-state index is -0.518. The zero-order valence-electron chi connectivity index (χ0n) is 19.4. The molecular weight excluding hydrogens is 446 g/mol. The number of fused-ring (bicyclic) bond motifs is 1. The van der Waals surface area contributed by atoms with Gasteiger partial charge in [0.2, 0.25) is 0 Å². The van der Waals surface area contributed by atoms with E-state index < -0.39 is 11.8 Å². The van der Waals surface area contributed by atoms with Gasteiger partial charge in [-0.1, -0.05) is 24.3 Å². The Hall–Kier alpha value is -4.50. The first-order valence-electron chi connectivity index (χ1n) is 10.9. The maximum absolute atomic E-state index is 13.2. The first-order chi connectivity index (χ1) is 17.0. The van der Waals surface area contributed by atoms with Crippen molar-refractivity contribution in [3.8, 4) is 11.5 Å². The highest BCUT2D eigenvalue weighted by atomic mass is 16.5. The van der Waals surface area contributed by atoms with Crippen molar-refractivity contribution in [1.82, 2.24) is 9.97 Å². The van der Waals surface area contributed by atoms with Gasteiger partial charge >= 0.3 is 0 Å². The lowest BCUT2D eigenvalue weighted by Gasteiger charge is -2.16. The predicted molar refractivity (Wildman–Crippen MR) is 134 cm³/mol. The van der Waals surface area contributed by atoms with Gasteiger partial charge in [0.15, 0.2) is 11.5 Å². The van der Waals surface area contributed by atoms with Crippen molar-refractivity contribution < 1.29 is 19.1 Å². The fraction of sp³-hybridized carbons (Fsp3) is 0.154. The number of nitrogens with zero attached hydrogens (tertiary/aromatic N) is 2. The van der Waals surface area contributed by atoms with Gasteiger partial charge < -0.3 is 25.8 Å². The van der Waals surface area contributed by atoms with Crippen molar-refractivity contribution in [1.29, 1.82) is 0 Å². The number of nitrogens with two attached hydrogens (primary N) is 1. The van der Waals surface area contributed by atoms with Crippen LogP contribution in [0.3, 0.4) is 0 Å². The van der Waals surface area contributed by atoms with Gasteiger partial charge in [-0.2, -0.15) is 0 Å². The molecule has 0 fully saturated rings. The second-order valence-electron chi connectivity index (χ2n) is 7.64. The predicted octanol–water partition coefficient (Wildman–Crippen LogP) is 3.65. The van der Waals surface area contributed by atoms with E-state index in [-0.39, 0.29) is 16.9 Å². The summed E-state index contributed by atoms with van der Waals surface area (Å²) in [5.41, 5.74) is 9.07. The highest BCUT2D eigenvalue weighted by Crippen LogP contribution is 2.34. The number of hydrogen-bond acceptors (Lipinski definition) is 7. The lowest BCUT2D eigenvalue weighted by Crippen LogP contribution is -2.19. The summed E-state index contributed by atoms with van der Waals surface area (Å²) in [4.78, 5) is 34.9. The normalized spacial score (nSPS) is 10.6. The van der Waals surface area contributed by atoms with Crippen LogP contribution in [0.15, 0.2) is 66.9 Å². The average Bonchev–Trinajstić information content (AvgIpc) is 2.89. The van der Waals surface area contributed by atoms with Gasteiger partial charge in [0.25, 0.3) is 11.8 Å². The number of amides is 2. The van der Waals surface area contributed by atoms with E-state index in [9.17, 15) is 9.59 Å². The first-order valence-corrected chi connectivity index (χ1v) is 10.9. The Balaban J connectivity index is 1.64. The van der Waals surface area contributed by atoms with E-state index in [1.165, 1.54) is 32.5 Å². The molecule has 4 rings (SSSR count). The Morgan fingerprint density at radius 1 is 0.886 bits per heavy atom. The van der Waals surface area contributed by atoms with Gasteiger partial charge in [0.05, 0.1) is 42.7 Å². The molecule has 9 heteroatoms. The number of carbonyl (C=O) groups excluding carboxylic acids is 2. The third-order valence-corrected chi connectivity index (χ3v) is 5.34. The second-order valence-corrected chi connectivity index (χ2v) is 7.64. The number of benzene rings is 3. The summed E-state index contributed by atoms with van der Waals surface area (Å²) in [5.74, 6) is -0.248. The molecule has 35 heavy (non-hydrogen) atoms. The number of anilines is 2. The maximum atomic E-state index is 13.2. The monoisotopic (exact) mass is 471 g/mol. The zero-order valence-corrected chi connectivity index (χ0v) is 19.4. The fourth-order valence-corrected chi connectivity index (χ4v) is 3.54. The van der Waals surface area contributed by atoms with E-state index in [0.29, 0.717) is 34.8 Å². The Morgan fingerprint density at radius 2 is 1.57 bits per heavy atom. The Morgan fingerprint density at radius 3 is 2.26 bits per heavy atom. The van der Waals surface area contributed by atoms with Crippen LogP contribution in [-0.2, 0) is 6.42 Å². The SMILES string of the molecule is COc1cc(NC(=O)c2cnc3ccccc3n2)c(C(=O)Nc2ccc(CCN)cc2)cc1OC. The molecule has 178 valence electrons. The number of methoxy groups -OCH3 is 2. The van der Waals surface area contributed by atoms with E-state index in [1.54, 1.807) is 18.2 Å². The summed E-state index contributed by atoms with van der Waals surface area (Å²) >= 11 is 0. The van der Waals surface area contributed by atoms with E-state index in [2.05, 4.69) is 20.6 Å². The summed E-state index contributed by atoms with van der Waals surface area (Å²) in [6, 6.07) is 17.7. The van der Waals surface area contributed by atoms with Crippen LogP contribution in [0.5, 0.6) is 11.5 Å². The summed E-state index contributed by atoms with van der Waals surface area (Å²) in [6.45, 7) is 0.544. The van der Waals surface area contributed by atoms with Crippen LogP contribution < -0.4 is 25.8 Å². The molecule has 0 radical (unpaired) electrons. The molecule has 0 spiro atoms. The summed E-state index contributed by atoms with van der Waals surface area (Å²) in [6.07, 6.45) is 2.14. The smallest absolute Gasteiger partial charge is 0.275 e. The molecule has 0 unspecified atom stereocenters. The van der Waals surface area contributed by atoms with Gasteiger partial charge in [-0.05, 0) is 48.9 Å². The third kappa shape index (κ3) is 5.36. The molecule has 4 aromatic rings. The van der Waals surface area contributed by atoms with Crippen LogP contribution in [0.25, 0.3) is 11.0 Å². The number of rotatable bonds is 8. The van der Waals surface area contributed by atoms with Crippen molar-refractivity contribution in [3.63, 3.8) is 0 Å². The molecule has 0 saturated carbocycles. The first kappa shape index (κ1) is 23.7. The molecule has 0 saturated heterocycles. The molecular formula is C26H25N5O4. The van der Waals surface area contributed by atoms with Crippen LogP contribution in [0.2, 0.25) is 0 Å². The highest BCUT2D eigenvalue weighted by Gasteiger charge is 2.20. The third-order valence-electron chi connectivity index (χ3n) is 5.34. The van der Waals surface area contributed by atoms with E-state index in [4.69, 9.17) is 15.2 Å². The average molecular weight is 472 g/mol. The lowest BCUT2D eigenvalue weighted by atomic mass is 10.1. The lowest BCUT2D eigenvalue weighted by molar-refractivity contribution is 0.102. The Bertz CT molecular complexity index is 1370. The number of ether oxygens (including phenoxy) is 2. The molecule has 4 N–H and O–H groups in total. The molecule has 1 aromatic heterocycles. The van der Waals surface area contributed by atoms with E-state index in [0.717, 1.165) is 12.0 Å². The van der Waals surface area contributed by atoms with Crippen molar-refractivity contribution in [2.75, 3.05) is 31.4 Å². The van der Waals surface area contributed by atoms with Gasteiger partial charge in [-0.25, -0.2) is 4.98 Å². The summed E-state index contributed by atoms with van der Waals surface area (Å²) in [7, 11) is 2.94. The summed E-state index contributed by atoms with van der Waals surface area (Å²) < 4.78 is 10.7. The molecule has 2 amide bonds. The Kier molecular flexibility index (Phi) is 7.18. The van der Waals surface area contributed by atoms with Crippen LogP contribution in [-0.4, -0.2) is 42.5 Å². The van der Waals surface area contributed by atoms with E-state index >= 15 is 0 Å². The number of aromatic nitrogens is 2.